The Morgan fingerprint density at radius 1 is 1.30 bits per heavy atom. The molecular weight excluding hydrogens is 292 g/mol. The number of aryl methyl sites for hydroxylation is 1. The normalized spacial score (nSPS) is 19.1. The van der Waals surface area contributed by atoms with Gasteiger partial charge >= 0.3 is 0 Å². The van der Waals surface area contributed by atoms with Crippen LogP contribution in [0.1, 0.15) is 17.2 Å². The summed E-state index contributed by atoms with van der Waals surface area (Å²) in [5.41, 5.74) is 1.80. The zero-order valence-electron chi connectivity index (χ0n) is 11.0. The van der Waals surface area contributed by atoms with Gasteiger partial charge in [0.25, 0.3) is 0 Å². The van der Waals surface area contributed by atoms with Gasteiger partial charge in [-0.2, -0.15) is 0 Å². The number of rotatable bonds is 2. The first-order valence-electron chi connectivity index (χ1n) is 6.48. The standard InChI is InChI=1S/C16H15ClO2S/c1-10-6-7-11(8-12(10)17)16(18)14-9-20-15-5-3-2-4-13(15)19-14/h2-8,14,16,18H,9H2,1H3. The van der Waals surface area contributed by atoms with Gasteiger partial charge in [0, 0.05) is 15.7 Å². The fraction of sp³-hybridized carbons (Fsp3) is 0.250. The zero-order chi connectivity index (χ0) is 14.1. The van der Waals surface area contributed by atoms with Gasteiger partial charge in [0.1, 0.15) is 18.0 Å². The molecule has 1 heterocycles. The van der Waals surface area contributed by atoms with E-state index in [0.717, 1.165) is 27.5 Å². The fourth-order valence-corrected chi connectivity index (χ4v) is 3.42. The number of hydrogen-bond acceptors (Lipinski definition) is 3. The third-order valence-corrected chi connectivity index (χ3v) is 4.97. The highest BCUT2D eigenvalue weighted by molar-refractivity contribution is 7.99. The van der Waals surface area contributed by atoms with Gasteiger partial charge < -0.3 is 9.84 Å². The number of aliphatic hydroxyl groups is 1. The first-order valence-corrected chi connectivity index (χ1v) is 7.84. The predicted molar refractivity (Wildman–Crippen MR) is 82.7 cm³/mol. The summed E-state index contributed by atoms with van der Waals surface area (Å²) in [4.78, 5) is 1.12. The maximum absolute atomic E-state index is 10.5. The van der Waals surface area contributed by atoms with Crippen LogP contribution in [0.5, 0.6) is 5.75 Å². The van der Waals surface area contributed by atoms with Crippen LogP contribution < -0.4 is 4.74 Å². The molecule has 0 bridgehead atoms. The molecule has 0 saturated carbocycles. The average molecular weight is 307 g/mol. The van der Waals surface area contributed by atoms with Crippen molar-refractivity contribution in [3.05, 3.63) is 58.6 Å². The van der Waals surface area contributed by atoms with Crippen LogP contribution in [0.4, 0.5) is 0 Å². The van der Waals surface area contributed by atoms with E-state index in [1.165, 1.54) is 0 Å². The van der Waals surface area contributed by atoms with Crippen LogP contribution in [0.25, 0.3) is 0 Å². The Morgan fingerprint density at radius 2 is 2.10 bits per heavy atom. The summed E-state index contributed by atoms with van der Waals surface area (Å²) in [5.74, 6) is 1.56. The number of halogens is 1. The summed E-state index contributed by atoms with van der Waals surface area (Å²) in [6.07, 6.45) is -0.928. The minimum atomic E-state index is -0.672. The molecule has 0 saturated heterocycles. The molecule has 1 aliphatic heterocycles. The lowest BCUT2D eigenvalue weighted by Gasteiger charge is -2.29. The largest absolute Gasteiger partial charge is 0.485 e. The lowest BCUT2D eigenvalue weighted by atomic mass is 10.0. The minimum Gasteiger partial charge on any atom is -0.485 e. The van der Waals surface area contributed by atoms with E-state index >= 15 is 0 Å². The molecule has 0 spiro atoms. The van der Waals surface area contributed by atoms with Crippen molar-refractivity contribution in [1.29, 1.82) is 0 Å². The Morgan fingerprint density at radius 3 is 2.90 bits per heavy atom. The average Bonchev–Trinajstić information content (AvgIpc) is 2.49. The second-order valence-corrected chi connectivity index (χ2v) is 6.34. The number of benzene rings is 2. The van der Waals surface area contributed by atoms with E-state index in [-0.39, 0.29) is 6.10 Å². The summed E-state index contributed by atoms with van der Waals surface area (Å²) < 4.78 is 5.90. The van der Waals surface area contributed by atoms with Gasteiger partial charge in [0.2, 0.25) is 0 Å². The van der Waals surface area contributed by atoms with Crippen molar-refractivity contribution in [2.75, 3.05) is 5.75 Å². The fourth-order valence-electron chi connectivity index (χ4n) is 2.20. The van der Waals surface area contributed by atoms with Crippen LogP contribution in [-0.4, -0.2) is 17.0 Å². The molecule has 0 fully saturated rings. The van der Waals surface area contributed by atoms with E-state index < -0.39 is 6.10 Å². The van der Waals surface area contributed by atoms with Crippen LogP contribution in [0.3, 0.4) is 0 Å². The highest BCUT2D eigenvalue weighted by atomic mass is 35.5. The maximum atomic E-state index is 10.5. The molecule has 0 aliphatic carbocycles. The van der Waals surface area contributed by atoms with E-state index in [0.29, 0.717) is 5.02 Å². The smallest absolute Gasteiger partial charge is 0.138 e. The van der Waals surface area contributed by atoms with E-state index in [1.54, 1.807) is 11.8 Å². The highest BCUT2D eigenvalue weighted by Crippen LogP contribution is 2.38. The number of thioether (sulfide) groups is 1. The quantitative estimate of drug-likeness (QED) is 0.900. The first kappa shape index (κ1) is 13.8. The van der Waals surface area contributed by atoms with Gasteiger partial charge in [-0.3, -0.25) is 0 Å². The van der Waals surface area contributed by atoms with Crippen LogP contribution in [-0.2, 0) is 0 Å². The van der Waals surface area contributed by atoms with Gasteiger partial charge in [0.05, 0.1) is 0 Å². The Bertz CT molecular complexity index is 630. The van der Waals surface area contributed by atoms with Crippen molar-refractivity contribution in [2.24, 2.45) is 0 Å². The molecule has 0 radical (unpaired) electrons. The van der Waals surface area contributed by atoms with Crippen molar-refractivity contribution < 1.29 is 9.84 Å². The Hall–Kier alpha value is -1.16. The Kier molecular flexibility index (Phi) is 3.92. The SMILES string of the molecule is Cc1ccc(C(O)C2CSc3ccccc3O2)cc1Cl. The van der Waals surface area contributed by atoms with Crippen molar-refractivity contribution in [1.82, 2.24) is 0 Å². The van der Waals surface area contributed by atoms with Crippen molar-refractivity contribution >= 4 is 23.4 Å². The molecule has 104 valence electrons. The predicted octanol–water partition coefficient (Wildman–Crippen LogP) is 4.24. The molecule has 2 atom stereocenters. The summed E-state index contributed by atoms with van der Waals surface area (Å²) in [6.45, 7) is 1.95. The number of fused-ring (bicyclic) bond motifs is 1. The number of ether oxygens (including phenoxy) is 1. The number of hydrogen-bond donors (Lipinski definition) is 1. The molecule has 1 aliphatic rings. The van der Waals surface area contributed by atoms with Gasteiger partial charge in [-0.1, -0.05) is 35.9 Å². The minimum absolute atomic E-state index is 0.256. The van der Waals surface area contributed by atoms with Gasteiger partial charge in [-0.25, -0.2) is 0 Å². The third kappa shape index (κ3) is 2.66. The van der Waals surface area contributed by atoms with E-state index in [2.05, 4.69) is 0 Å². The number of para-hydroxylation sites is 1. The first-order chi connectivity index (χ1) is 9.65. The second-order valence-electron chi connectivity index (χ2n) is 4.87. The van der Waals surface area contributed by atoms with Crippen LogP contribution in [0.15, 0.2) is 47.4 Å². The van der Waals surface area contributed by atoms with Gasteiger partial charge in [-0.05, 0) is 36.2 Å². The molecule has 0 aromatic heterocycles. The molecule has 2 aromatic carbocycles. The van der Waals surface area contributed by atoms with Gasteiger partial charge in [-0.15, -0.1) is 11.8 Å². The summed E-state index contributed by atoms with van der Waals surface area (Å²) in [7, 11) is 0. The summed E-state index contributed by atoms with van der Waals surface area (Å²) in [6, 6.07) is 13.5. The topological polar surface area (TPSA) is 29.5 Å². The monoisotopic (exact) mass is 306 g/mol. The van der Waals surface area contributed by atoms with Crippen molar-refractivity contribution in [2.45, 2.75) is 24.0 Å². The Labute approximate surface area is 127 Å². The van der Waals surface area contributed by atoms with E-state index in [1.807, 2.05) is 49.4 Å². The molecule has 4 heteroatoms. The maximum Gasteiger partial charge on any atom is 0.138 e. The van der Waals surface area contributed by atoms with Crippen LogP contribution >= 0.6 is 23.4 Å². The summed E-state index contributed by atoms with van der Waals surface area (Å²) in [5, 5.41) is 11.2. The van der Waals surface area contributed by atoms with Crippen molar-refractivity contribution in [3.8, 4) is 5.75 Å². The van der Waals surface area contributed by atoms with E-state index in [4.69, 9.17) is 16.3 Å². The van der Waals surface area contributed by atoms with Crippen molar-refractivity contribution in [3.63, 3.8) is 0 Å². The highest BCUT2D eigenvalue weighted by Gasteiger charge is 2.28. The lowest BCUT2D eigenvalue weighted by molar-refractivity contribution is 0.0457. The van der Waals surface area contributed by atoms with Crippen LogP contribution in [0, 0.1) is 6.92 Å². The molecule has 2 nitrogen and oxygen atoms in total. The molecule has 2 unspecified atom stereocenters. The molecule has 1 N–H and O–H groups in total. The summed E-state index contributed by atoms with van der Waals surface area (Å²) >= 11 is 7.83. The number of aliphatic hydroxyl groups excluding tert-OH is 1. The lowest BCUT2D eigenvalue weighted by Crippen LogP contribution is -2.30. The molecule has 2 aromatic rings. The molecule has 20 heavy (non-hydrogen) atoms. The molecule has 3 rings (SSSR count). The van der Waals surface area contributed by atoms with Crippen LogP contribution in [0.2, 0.25) is 5.02 Å². The second kappa shape index (κ2) is 5.68. The zero-order valence-corrected chi connectivity index (χ0v) is 12.6. The van der Waals surface area contributed by atoms with E-state index in [9.17, 15) is 5.11 Å². The van der Waals surface area contributed by atoms with Gasteiger partial charge in [0.15, 0.2) is 0 Å². The molecule has 0 amide bonds. The third-order valence-electron chi connectivity index (χ3n) is 3.42. The Balaban J connectivity index is 1.82. The molecular formula is C16H15ClO2S.